The molecule has 1 atom stereocenters. The second-order valence-corrected chi connectivity index (χ2v) is 7.10. The molecule has 1 aromatic carbocycles. The highest BCUT2D eigenvalue weighted by Gasteiger charge is 2.31. The van der Waals surface area contributed by atoms with Crippen LogP contribution >= 0.6 is 23.7 Å². The highest BCUT2D eigenvalue weighted by atomic mass is 35.5. The summed E-state index contributed by atoms with van der Waals surface area (Å²) in [7, 11) is 0. The predicted octanol–water partition coefficient (Wildman–Crippen LogP) is 3.12. The highest BCUT2D eigenvalue weighted by Crippen LogP contribution is 2.27. The molecule has 0 saturated carbocycles. The van der Waals surface area contributed by atoms with Gasteiger partial charge in [0.05, 0.1) is 10.6 Å². The van der Waals surface area contributed by atoms with Gasteiger partial charge in [-0.05, 0) is 48.6 Å². The summed E-state index contributed by atoms with van der Waals surface area (Å²) in [5.74, 6) is 0.166. The summed E-state index contributed by atoms with van der Waals surface area (Å²) in [4.78, 5) is 20.1. The average Bonchev–Trinajstić information content (AvgIpc) is 3.40. The van der Waals surface area contributed by atoms with Crippen LogP contribution < -0.4 is 5.73 Å². The van der Waals surface area contributed by atoms with Crippen LogP contribution in [-0.2, 0) is 0 Å². The van der Waals surface area contributed by atoms with Gasteiger partial charge in [-0.1, -0.05) is 6.07 Å². The third-order valence-corrected chi connectivity index (χ3v) is 5.39. The van der Waals surface area contributed by atoms with Gasteiger partial charge < -0.3 is 10.6 Å². The molecule has 0 bridgehead atoms. The molecule has 2 N–H and O–H groups in total. The Hall–Kier alpha value is -2.29. The standard InChI is InChI=1S/C18H18FN5OS.ClH/c19-12-5-7-13(8-6-12)24-17(15-4-2-10-26-15)21-16(22-24)18(25)23-9-1-3-14(23)11-20;/h2,4-8,10,14H,1,3,9,11,20H2;1H. The third-order valence-electron chi connectivity index (χ3n) is 4.52. The fourth-order valence-electron chi connectivity index (χ4n) is 3.21. The summed E-state index contributed by atoms with van der Waals surface area (Å²) in [6.07, 6.45) is 1.84. The number of rotatable bonds is 4. The molecule has 142 valence electrons. The molecular formula is C18H19ClFN5OS. The number of hydrogen-bond donors (Lipinski definition) is 1. The first-order chi connectivity index (χ1) is 12.7. The van der Waals surface area contributed by atoms with Gasteiger partial charge >= 0.3 is 0 Å². The van der Waals surface area contributed by atoms with Crippen molar-refractivity contribution < 1.29 is 9.18 Å². The van der Waals surface area contributed by atoms with Crippen molar-refractivity contribution in [2.75, 3.05) is 13.1 Å². The van der Waals surface area contributed by atoms with E-state index in [1.54, 1.807) is 21.7 Å². The maximum absolute atomic E-state index is 13.3. The number of nitrogens with two attached hydrogens (primary N) is 1. The van der Waals surface area contributed by atoms with Gasteiger partial charge in [-0.2, -0.15) is 0 Å². The number of halogens is 2. The van der Waals surface area contributed by atoms with E-state index in [2.05, 4.69) is 10.1 Å². The van der Waals surface area contributed by atoms with Gasteiger partial charge in [0.1, 0.15) is 5.82 Å². The van der Waals surface area contributed by atoms with Crippen LogP contribution in [0.2, 0.25) is 0 Å². The molecule has 4 rings (SSSR count). The Bertz CT molecular complexity index is 912. The molecule has 6 nitrogen and oxygen atoms in total. The van der Waals surface area contributed by atoms with E-state index in [0.29, 0.717) is 24.6 Å². The molecule has 1 aliphatic rings. The van der Waals surface area contributed by atoms with Crippen LogP contribution in [0.5, 0.6) is 0 Å². The molecule has 27 heavy (non-hydrogen) atoms. The summed E-state index contributed by atoms with van der Waals surface area (Å²) in [5.41, 5.74) is 6.43. The first-order valence-electron chi connectivity index (χ1n) is 8.45. The fraction of sp³-hybridized carbons (Fsp3) is 0.278. The van der Waals surface area contributed by atoms with Crippen molar-refractivity contribution in [3.8, 4) is 16.4 Å². The largest absolute Gasteiger partial charge is 0.332 e. The zero-order valence-corrected chi connectivity index (χ0v) is 16.0. The number of carbonyl (C=O) groups excluding carboxylic acids is 1. The SMILES string of the molecule is Cl.NCC1CCCN1C(=O)c1nc(-c2cccs2)n(-c2ccc(F)cc2)n1. The van der Waals surface area contributed by atoms with Crippen molar-refractivity contribution in [2.24, 2.45) is 5.73 Å². The lowest BCUT2D eigenvalue weighted by atomic mass is 10.2. The van der Waals surface area contributed by atoms with Crippen molar-refractivity contribution in [1.82, 2.24) is 19.7 Å². The number of benzene rings is 1. The van der Waals surface area contributed by atoms with E-state index in [4.69, 9.17) is 5.73 Å². The molecule has 3 heterocycles. The van der Waals surface area contributed by atoms with Gasteiger partial charge in [0.15, 0.2) is 5.82 Å². The molecule has 0 aliphatic carbocycles. The number of nitrogens with zero attached hydrogens (tertiary/aromatic N) is 4. The molecule has 9 heteroatoms. The van der Waals surface area contributed by atoms with Crippen LogP contribution in [0.25, 0.3) is 16.4 Å². The van der Waals surface area contributed by atoms with Gasteiger partial charge in [0.2, 0.25) is 5.82 Å². The average molecular weight is 408 g/mol. The number of likely N-dealkylation sites (tertiary alicyclic amines) is 1. The van der Waals surface area contributed by atoms with E-state index < -0.39 is 0 Å². The third kappa shape index (κ3) is 3.73. The Labute approximate surface area is 166 Å². The summed E-state index contributed by atoms with van der Waals surface area (Å²) < 4.78 is 14.9. The smallest absolute Gasteiger partial charge is 0.293 e. The predicted molar refractivity (Wildman–Crippen MR) is 105 cm³/mol. The monoisotopic (exact) mass is 407 g/mol. The lowest BCUT2D eigenvalue weighted by molar-refractivity contribution is 0.0729. The normalized spacial score (nSPS) is 16.4. The minimum absolute atomic E-state index is 0. The number of hydrogen-bond acceptors (Lipinski definition) is 5. The summed E-state index contributed by atoms with van der Waals surface area (Å²) in [6, 6.07) is 9.83. The van der Waals surface area contributed by atoms with Crippen LogP contribution in [0.15, 0.2) is 41.8 Å². The van der Waals surface area contributed by atoms with Crippen molar-refractivity contribution in [1.29, 1.82) is 0 Å². The van der Waals surface area contributed by atoms with Crippen LogP contribution in [0.1, 0.15) is 23.5 Å². The quantitative estimate of drug-likeness (QED) is 0.720. The second-order valence-electron chi connectivity index (χ2n) is 6.15. The van der Waals surface area contributed by atoms with E-state index in [9.17, 15) is 9.18 Å². The number of carbonyl (C=O) groups is 1. The molecule has 1 aliphatic heterocycles. The minimum Gasteiger partial charge on any atom is -0.332 e. The molecule has 1 unspecified atom stereocenters. The molecule has 1 amide bonds. The first-order valence-corrected chi connectivity index (χ1v) is 9.33. The van der Waals surface area contributed by atoms with Crippen LogP contribution in [-0.4, -0.2) is 44.7 Å². The zero-order valence-electron chi connectivity index (χ0n) is 14.4. The maximum atomic E-state index is 13.3. The topological polar surface area (TPSA) is 77.0 Å². The molecular weight excluding hydrogens is 389 g/mol. The van der Waals surface area contributed by atoms with E-state index in [0.717, 1.165) is 17.7 Å². The summed E-state index contributed by atoms with van der Waals surface area (Å²) in [6.45, 7) is 1.10. The van der Waals surface area contributed by atoms with Gasteiger partial charge in [-0.3, -0.25) is 4.79 Å². The molecule has 3 aromatic rings. The Morgan fingerprint density at radius 3 is 2.74 bits per heavy atom. The highest BCUT2D eigenvalue weighted by molar-refractivity contribution is 7.13. The maximum Gasteiger partial charge on any atom is 0.293 e. The van der Waals surface area contributed by atoms with Crippen molar-refractivity contribution in [3.05, 3.63) is 53.4 Å². The number of thiophene rings is 1. The lowest BCUT2D eigenvalue weighted by Crippen LogP contribution is -2.40. The van der Waals surface area contributed by atoms with Gasteiger partial charge in [-0.25, -0.2) is 14.1 Å². The Morgan fingerprint density at radius 1 is 1.30 bits per heavy atom. The Kier molecular flexibility index (Phi) is 5.88. The number of aromatic nitrogens is 3. The second kappa shape index (κ2) is 8.16. The molecule has 1 fully saturated rings. The zero-order chi connectivity index (χ0) is 18.1. The molecule has 2 aromatic heterocycles. The molecule has 1 saturated heterocycles. The summed E-state index contributed by atoms with van der Waals surface area (Å²) in [5, 5.41) is 6.37. The molecule has 0 spiro atoms. The molecule has 0 radical (unpaired) electrons. The fourth-order valence-corrected chi connectivity index (χ4v) is 3.91. The van der Waals surface area contributed by atoms with Crippen molar-refractivity contribution >= 4 is 29.7 Å². The lowest BCUT2D eigenvalue weighted by Gasteiger charge is -2.21. The minimum atomic E-state index is -0.328. The van der Waals surface area contributed by atoms with E-state index in [-0.39, 0.29) is 36.0 Å². The van der Waals surface area contributed by atoms with Gasteiger partial charge in [0.25, 0.3) is 5.91 Å². The van der Waals surface area contributed by atoms with E-state index in [1.807, 2.05) is 17.5 Å². The van der Waals surface area contributed by atoms with E-state index in [1.165, 1.54) is 23.5 Å². The van der Waals surface area contributed by atoms with Crippen molar-refractivity contribution in [2.45, 2.75) is 18.9 Å². The van der Waals surface area contributed by atoms with Crippen LogP contribution in [0.3, 0.4) is 0 Å². The van der Waals surface area contributed by atoms with Crippen molar-refractivity contribution in [3.63, 3.8) is 0 Å². The summed E-state index contributed by atoms with van der Waals surface area (Å²) >= 11 is 1.51. The van der Waals surface area contributed by atoms with Gasteiger partial charge in [0, 0.05) is 19.1 Å². The first kappa shape index (κ1) is 19.5. The van der Waals surface area contributed by atoms with Crippen LogP contribution in [0, 0.1) is 5.82 Å². The number of amides is 1. The van der Waals surface area contributed by atoms with Gasteiger partial charge in [-0.15, -0.1) is 28.8 Å². The Balaban J connectivity index is 0.00000210. The van der Waals surface area contributed by atoms with Crippen LogP contribution in [0.4, 0.5) is 4.39 Å². The Morgan fingerprint density at radius 2 is 2.07 bits per heavy atom. The van der Waals surface area contributed by atoms with E-state index >= 15 is 0 Å².